The summed E-state index contributed by atoms with van der Waals surface area (Å²) in [6.45, 7) is 0. The van der Waals surface area contributed by atoms with Crippen molar-refractivity contribution in [1.82, 2.24) is 9.97 Å². The Labute approximate surface area is 173 Å². The number of nitrogens with one attached hydrogen (secondary N) is 3. The molecule has 3 aromatic rings. The number of hydrogen-bond donors (Lipinski definition) is 6. The lowest BCUT2D eigenvalue weighted by Gasteiger charge is -2.22. The van der Waals surface area contributed by atoms with Crippen molar-refractivity contribution in [3.63, 3.8) is 0 Å². The molecule has 0 aliphatic carbocycles. The van der Waals surface area contributed by atoms with Crippen LogP contribution in [-0.2, 0) is 9.59 Å². The smallest absolute Gasteiger partial charge is 0.298 e. The Bertz CT molecular complexity index is 1170. The molecule has 0 spiro atoms. The van der Waals surface area contributed by atoms with Crippen molar-refractivity contribution < 1.29 is 35.3 Å². The summed E-state index contributed by atoms with van der Waals surface area (Å²) >= 11 is 0. The zero-order chi connectivity index (χ0) is 22.7. The zero-order valence-electron chi connectivity index (χ0n) is 15.6. The second-order valence-electron chi connectivity index (χ2n) is 6.30. The number of aromatic nitrogens is 2. The molecule has 0 bridgehead atoms. The molecular weight excluding hydrogens is 412 g/mol. The van der Waals surface area contributed by atoms with Crippen molar-refractivity contribution in [1.29, 1.82) is 0 Å². The normalized spacial score (nSPS) is 13.9. The SMILES string of the molecule is NC(=O)c1ccccc1NC(=O)C(=O)C(c1cnc2ccc([NH+]([O-])O)cc2n1)[NH+]([O-])O. The van der Waals surface area contributed by atoms with Crippen molar-refractivity contribution >= 4 is 40.0 Å². The predicted octanol–water partition coefficient (Wildman–Crippen LogP) is -1.85. The van der Waals surface area contributed by atoms with Crippen LogP contribution in [0.25, 0.3) is 11.0 Å². The van der Waals surface area contributed by atoms with Crippen LogP contribution in [0.2, 0.25) is 0 Å². The molecule has 160 valence electrons. The number of benzene rings is 2. The van der Waals surface area contributed by atoms with Crippen LogP contribution < -0.4 is 21.5 Å². The summed E-state index contributed by atoms with van der Waals surface area (Å²) in [6.07, 6.45) is 1.02. The molecule has 3 atom stereocenters. The van der Waals surface area contributed by atoms with Gasteiger partial charge in [0.05, 0.1) is 28.5 Å². The summed E-state index contributed by atoms with van der Waals surface area (Å²) < 4.78 is 0. The van der Waals surface area contributed by atoms with Crippen molar-refractivity contribution in [2.24, 2.45) is 5.73 Å². The number of carbonyl (C=O) groups excluding carboxylic acids is 3. The Balaban J connectivity index is 1.93. The number of rotatable bonds is 7. The fraction of sp³-hybridized carbons (Fsp3) is 0.0556. The van der Waals surface area contributed by atoms with E-state index in [1.54, 1.807) is 0 Å². The second kappa shape index (κ2) is 8.88. The number of Topliss-reactive ketones (excluding diaryl/α,β-unsaturated/α-hetero) is 1. The van der Waals surface area contributed by atoms with Gasteiger partial charge >= 0.3 is 0 Å². The van der Waals surface area contributed by atoms with Gasteiger partial charge in [-0.15, -0.1) is 0 Å². The number of carbonyl (C=O) groups is 3. The summed E-state index contributed by atoms with van der Waals surface area (Å²) in [7, 11) is 0. The highest BCUT2D eigenvalue weighted by molar-refractivity contribution is 6.42. The first-order valence-electron chi connectivity index (χ1n) is 8.66. The molecule has 1 heterocycles. The summed E-state index contributed by atoms with van der Waals surface area (Å²) in [6, 6.07) is 7.45. The van der Waals surface area contributed by atoms with Crippen LogP contribution in [0.1, 0.15) is 22.1 Å². The minimum atomic E-state index is -2.01. The van der Waals surface area contributed by atoms with Gasteiger partial charge in [0.2, 0.25) is 6.04 Å². The van der Waals surface area contributed by atoms with Gasteiger partial charge in [0.1, 0.15) is 5.69 Å². The van der Waals surface area contributed by atoms with E-state index in [0.717, 1.165) is 6.20 Å². The Morgan fingerprint density at radius 3 is 2.42 bits per heavy atom. The number of primary amides is 1. The maximum absolute atomic E-state index is 12.6. The number of fused-ring (bicyclic) bond motifs is 1. The summed E-state index contributed by atoms with van der Waals surface area (Å²) in [5, 5.41) is 40.8. The van der Waals surface area contributed by atoms with E-state index in [1.807, 2.05) is 0 Å². The molecule has 1 aromatic heterocycles. The third-order valence-corrected chi connectivity index (χ3v) is 4.28. The first kappa shape index (κ1) is 21.8. The number of para-hydroxylation sites is 1. The van der Waals surface area contributed by atoms with Crippen molar-refractivity contribution in [3.8, 4) is 0 Å². The summed E-state index contributed by atoms with van der Waals surface area (Å²) in [4.78, 5) is 44.5. The van der Waals surface area contributed by atoms with Gasteiger partial charge < -0.3 is 21.5 Å². The molecule has 0 aliphatic rings. The molecule has 0 aliphatic heterocycles. The third kappa shape index (κ3) is 4.67. The monoisotopic (exact) mass is 428 g/mol. The largest absolute Gasteiger partial charge is 0.599 e. The van der Waals surface area contributed by atoms with Gasteiger partial charge in [-0.1, -0.05) is 12.1 Å². The Hall–Kier alpha value is -3.85. The highest BCUT2D eigenvalue weighted by Gasteiger charge is 2.35. The van der Waals surface area contributed by atoms with Gasteiger partial charge in [-0.05, 0) is 18.2 Å². The van der Waals surface area contributed by atoms with E-state index in [-0.39, 0.29) is 33.7 Å². The van der Waals surface area contributed by atoms with Gasteiger partial charge in [-0.2, -0.15) is 5.23 Å². The van der Waals surface area contributed by atoms with E-state index in [9.17, 15) is 30.0 Å². The molecule has 13 nitrogen and oxygen atoms in total. The number of ketones is 1. The van der Waals surface area contributed by atoms with E-state index in [2.05, 4.69) is 15.3 Å². The third-order valence-electron chi connectivity index (χ3n) is 4.28. The lowest BCUT2D eigenvalue weighted by Crippen LogP contribution is -3.06. The van der Waals surface area contributed by atoms with E-state index in [4.69, 9.17) is 10.9 Å². The predicted molar refractivity (Wildman–Crippen MR) is 103 cm³/mol. The molecular formula is C18H16N6O7. The van der Waals surface area contributed by atoms with Crippen LogP contribution in [0.3, 0.4) is 0 Å². The Morgan fingerprint density at radius 2 is 1.77 bits per heavy atom. The number of nitrogens with two attached hydrogens (primary N) is 1. The average molecular weight is 428 g/mol. The molecule has 0 fully saturated rings. The van der Waals surface area contributed by atoms with E-state index in [1.165, 1.54) is 42.5 Å². The van der Waals surface area contributed by atoms with E-state index >= 15 is 0 Å². The fourth-order valence-electron chi connectivity index (χ4n) is 2.79. The number of nitrogens with zero attached hydrogens (tertiary/aromatic N) is 2. The molecule has 13 heteroatoms. The van der Waals surface area contributed by atoms with Crippen LogP contribution in [-0.4, -0.2) is 38.0 Å². The zero-order valence-corrected chi connectivity index (χ0v) is 15.6. The van der Waals surface area contributed by atoms with Gasteiger partial charge in [-0.3, -0.25) is 19.4 Å². The van der Waals surface area contributed by atoms with Crippen LogP contribution in [0.5, 0.6) is 0 Å². The molecule has 31 heavy (non-hydrogen) atoms. The molecule has 0 saturated carbocycles. The number of anilines is 1. The molecule has 7 N–H and O–H groups in total. The standard InChI is InChI=1S/C18H16N6O7/c19-17(26)10-3-1-2-4-11(10)22-18(27)16(25)15(24(30)31)14-8-20-12-6-5-9(23(28)29)7-13(12)21-14/h1-8,15,23-24,28,30H,(H2,19,26)(H,22,27). The molecule has 3 unspecified atom stereocenters. The summed E-state index contributed by atoms with van der Waals surface area (Å²) in [5.74, 6) is -3.52. The molecule has 3 rings (SSSR count). The van der Waals surface area contributed by atoms with E-state index in [0.29, 0.717) is 0 Å². The second-order valence-corrected chi connectivity index (χ2v) is 6.30. The number of hydrogen-bond acceptors (Lipinski definition) is 9. The van der Waals surface area contributed by atoms with Crippen molar-refractivity contribution in [2.75, 3.05) is 5.32 Å². The molecule has 0 radical (unpaired) electrons. The van der Waals surface area contributed by atoms with Gasteiger partial charge in [0, 0.05) is 12.1 Å². The first-order chi connectivity index (χ1) is 14.7. The maximum Gasteiger partial charge on any atom is 0.298 e. The number of quaternary nitrogens is 2. The van der Waals surface area contributed by atoms with Gasteiger partial charge in [0.15, 0.2) is 5.69 Å². The highest BCUT2D eigenvalue weighted by Crippen LogP contribution is 2.18. The van der Waals surface area contributed by atoms with Crippen LogP contribution >= 0.6 is 0 Å². The minimum Gasteiger partial charge on any atom is -0.599 e. The molecule has 0 saturated heterocycles. The number of amides is 2. The topological polar surface area (TPSA) is 210 Å². The lowest BCUT2D eigenvalue weighted by molar-refractivity contribution is -1.06. The Kier molecular flexibility index (Phi) is 6.26. The maximum atomic E-state index is 12.6. The van der Waals surface area contributed by atoms with Gasteiger partial charge in [0.25, 0.3) is 17.6 Å². The lowest BCUT2D eigenvalue weighted by atomic mass is 10.1. The van der Waals surface area contributed by atoms with E-state index < -0.39 is 34.1 Å². The van der Waals surface area contributed by atoms with Crippen LogP contribution in [0.4, 0.5) is 11.4 Å². The van der Waals surface area contributed by atoms with Crippen LogP contribution in [0.15, 0.2) is 48.7 Å². The van der Waals surface area contributed by atoms with Gasteiger partial charge in [-0.25, -0.2) is 20.6 Å². The van der Waals surface area contributed by atoms with Crippen molar-refractivity contribution in [2.45, 2.75) is 6.04 Å². The minimum absolute atomic E-state index is 0.0379. The molecule has 2 amide bonds. The van der Waals surface area contributed by atoms with Crippen molar-refractivity contribution in [3.05, 3.63) is 70.3 Å². The highest BCUT2D eigenvalue weighted by atomic mass is 16.8. The Morgan fingerprint density at radius 1 is 1.06 bits per heavy atom. The fourth-order valence-corrected chi connectivity index (χ4v) is 2.79. The first-order valence-corrected chi connectivity index (χ1v) is 8.66. The average Bonchev–Trinajstić information content (AvgIpc) is 2.73. The number of hydroxylamine groups is 2. The molecule has 2 aromatic carbocycles. The van der Waals surface area contributed by atoms with Crippen LogP contribution in [0, 0.1) is 10.4 Å². The summed E-state index contributed by atoms with van der Waals surface area (Å²) in [5.41, 5.74) is 4.93. The quantitative estimate of drug-likeness (QED) is 0.184.